The molecule has 0 saturated carbocycles. The van der Waals surface area contributed by atoms with Gasteiger partial charge in [-0.25, -0.2) is 0 Å². The second kappa shape index (κ2) is 5.41. The predicted octanol–water partition coefficient (Wildman–Crippen LogP) is 1.14. The maximum Gasteiger partial charge on any atom is 0.291 e. The second-order valence-corrected chi connectivity index (χ2v) is 9.55. The van der Waals surface area contributed by atoms with E-state index in [1.807, 2.05) is 51.2 Å². The predicted molar refractivity (Wildman–Crippen MR) is 101 cm³/mol. The lowest BCUT2D eigenvalue weighted by atomic mass is 9.75. The van der Waals surface area contributed by atoms with Gasteiger partial charge in [0.05, 0.1) is 5.69 Å². The van der Waals surface area contributed by atoms with Crippen molar-refractivity contribution < 1.29 is 19.7 Å². The van der Waals surface area contributed by atoms with Crippen molar-refractivity contribution in [2.24, 2.45) is 17.8 Å². The molecule has 3 heterocycles. The number of nitrogens with zero attached hydrogens (tertiary/aromatic N) is 1. The van der Waals surface area contributed by atoms with E-state index >= 15 is 0 Å². The topological polar surface area (TPSA) is 83.1 Å². The average Bonchev–Trinajstić information content (AvgIpc) is 3.13. The van der Waals surface area contributed by atoms with Crippen LogP contribution in [0.4, 0.5) is 5.69 Å². The van der Waals surface area contributed by atoms with E-state index in [2.05, 4.69) is 19.2 Å². The number of benzene rings is 1. The number of nitrogens with one attached hydrogen (secondary N) is 1. The zero-order valence-electron chi connectivity index (χ0n) is 16.8. The summed E-state index contributed by atoms with van der Waals surface area (Å²) >= 11 is 0. The third kappa shape index (κ3) is 2.19. The van der Waals surface area contributed by atoms with Crippen molar-refractivity contribution in [3.05, 3.63) is 29.3 Å². The fourth-order valence-corrected chi connectivity index (χ4v) is 5.27. The van der Waals surface area contributed by atoms with Crippen molar-refractivity contribution in [2.75, 3.05) is 5.32 Å². The quantitative estimate of drug-likeness (QED) is 0.728. The van der Waals surface area contributed by atoms with Gasteiger partial charge in [-0.15, -0.1) is 0 Å². The van der Waals surface area contributed by atoms with Crippen LogP contribution in [-0.2, 0) is 19.9 Å². The Balaban J connectivity index is 1.95. The van der Waals surface area contributed by atoms with Gasteiger partial charge in [0, 0.05) is 17.0 Å². The first-order valence-corrected chi connectivity index (χ1v) is 9.66. The molecule has 1 spiro atoms. The van der Waals surface area contributed by atoms with Gasteiger partial charge >= 0.3 is 0 Å². The van der Waals surface area contributed by atoms with Crippen molar-refractivity contribution in [2.45, 2.75) is 58.7 Å². The van der Waals surface area contributed by atoms with E-state index < -0.39 is 22.9 Å². The Morgan fingerprint density at radius 3 is 2.41 bits per heavy atom. The van der Waals surface area contributed by atoms with Crippen molar-refractivity contribution in [1.82, 2.24) is 4.90 Å². The van der Waals surface area contributed by atoms with Gasteiger partial charge in [-0.05, 0) is 39.8 Å². The van der Waals surface area contributed by atoms with Crippen LogP contribution < -0.4 is 10.6 Å². The van der Waals surface area contributed by atoms with E-state index in [-0.39, 0.29) is 29.7 Å². The molecule has 4 rings (SSSR count). The lowest BCUT2D eigenvalue weighted by Crippen LogP contribution is -2.99. The molecule has 0 unspecified atom stereocenters. The molecule has 1 aromatic carbocycles. The zero-order chi connectivity index (χ0) is 19.9. The van der Waals surface area contributed by atoms with Crippen LogP contribution in [0.3, 0.4) is 0 Å². The number of likely N-dealkylation sites (tertiary alicyclic amines) is 1. The Hall–Kier alpha value is -2.21. The fourth-order valence-electron chi connectivity index (χ4n) is 5.27. The first kappa shape index (κ1) is 18.2. The smallest absolute Gasteiger partial charge is 0.291 e. The van der Waals surface area contributed by atoms with Crippen LogP contribution in [-0.4, -0.2) is 34.2 Å². The highest BCUT2D eigenvalue weighted by Gasteiger charge is 2.75. The second-order valence-electron chi connectivity index (χ2n) is 9.55. The number of hydrogen-bond acceptors (Lipinski definition) is 3. The summed E-state index contributed by atoms with van der Waals surface area (Å²) in [5.41, 5.74) is 0.952. The molecule has 144 valence electrons. The van der Waals surface area contributed by atoms with Crippen molar-refractivity contribution >= 4 is 23.4 Å². The monoisotopic (exact) mass is 370 g/mol. The standard InChI is InChI=1S/C21H27N3O3/c1-10(2)16-14-15(18(26)24(17(14)25)20(4,5)6)21(23-16)12-9-11(3)7-8-13(12)22-19(21)27/h7-10,14-16,23H,1-6H3,(H,22,27)/p+1/t14-,15-,16-,21-/m0/s1. The summed E-state index contributed by atoms with van der Waals surface area (Å²) < 4.78 is 0. The summed E-state index contributed by atoms with van der Waals surface area (Å²) in [7, 11) is 0. The maximum atomic E-state index is 13.5. The molecule has 6 heteroatoms. The van der Waals surface area contributed by atoms with Crippen LogP contribution in [0.2, 0.25) is 0 Å². The highest BCUT2D eigenvalue weighted by Crippen LogP contribution is 2.51. The van der Waals surface area contributed by atoms with E-state index in [9.17, 15) is 14.4 Å². The molecular weight excluding hydrogens is 342 g/mol. The highest BCUT2D eigenvalue weighted by molar-refractivity contribution is 6.14. The van der Waals surface area contributed by atoms with E-state index in [0.29, 0.717) is 0 Å². The number of nitrogens with two attached hydrogens (primary N) is 1. The zero-order valence-corrected chi connectivity index (χ0v) is 16.8. The van der Waals surface area contributed by atoms with Crippen LogP contribution in [0, 0.1) is 24.7 Å². The van der Waals surface area contributed by atoms with Gasteiger partial charge in [-0.3, -0.25) is 19.3 Å². The summed E-state index contributed by atoms with van der Waals surface area (Å²) in [5.74, 6) is -1.53. The van der Waals surface area contributed by atoms with Gasteiger partial charge in [0.15, 0.2) is 0 Å². The molecule has 3 N–H and O–H groups in total. The summed E-state index contributed by atoms with van der Waals surface area (Å²) in [4.78, 5) is 41.5. The van der Waals surface area contributed by atoms with Crippen molar-refractivity contribution in [1.29, 1.82) is 0 Å². The van der Waals surface area contributed by atoms with E-state index in [1.54, 1.807) is 0 Å². The molecule has 0 radical (unpaired) electrons. The molecule has 0 bridgehead atoms. The molecule has 3 aliphatic heterocycles. The van der Waals surface area contributed by atoms with Crippen molar-refractivity contribution in [3.63, 3.8) is 0 Å². The minimum absolute atomic E-state index is 0.115. The lowest BCUT2D eigenvalue weighted by molar-refractivity contribution is -0.738. The Bertz CT molecular complexity index is 870. The largest absolute Gasteiger partial charge is 0.326 e. The molecule has 2 saturated heterocycles. The van der Waals surface area contributed by atoms with E-state index in [0.717, 1.165) is 16.8 Å². The van der Waals surface area contributed by atoms with Crippen molar-refractivity contribution in [3.8, 4) is 0 Å². The number of carbonyl (C=O) groups is 3. The number of anilines is 1. The average molecular weight is 370 g/mol. The number of quaternary nitrogens is 1. The molecule has 2 fully saturated rings. The van der Waals surface area contributed by atoms with Crippen LogP contribution in [0.5, 0.6) is 0 Å². The minimum Gasteiger partial charge on any atom is -0.326 e. The Morgan fingerprint density at radius 1 is 1.15 bits per heavy atom. The van der Waals surface area contributed by atoms with Gasteiger partial charge < -0.3 is 10.6 Å². The number of carbonyl (C=O) groups excluding carboxylic acids is 3. The van der Waals surface area contributed by atoms with Crippen LogP contribution in [0.15, 0.2) is 18.2 Å². The number of fused-ring (bicyclic) bond motifs is 4. The van der Waals surface area contributed by atoms with E-state index in [1.165, 1.54) is 4.90 Å². The molecule has 1 aromatic rings. The van der Waals surface area contributed by atoms with Gasteiger partial charge in [0.1, 0.15) is 17.9 Å². The van der Waals surface area contributed by atoms with Gasteiger partial charge in [-0.1, -0.05) is 25.5 Å². The molecular formula is C21H28N3O3+. The minimum atomic E-state index is -1.06. The normalized spacial score (nSPS) is 32.5. The number of rotatable bonds is 1. The Labute approximate surface area is 159 Å². The first-order chi connectivity index (χ1) is 12.5. The number of amides is 3. The molecule has 0 aromatic heterocycles. The van der Waals surface area contributed by atoms with Crippen LogP contribution in [0.1, 0.15) is 45.7 Å². The maximum absolute atomic E-state index is 13.5. The lowest BCUT2D eigenvalue weighted by Gasteiger charge is -2.33. The Kier molecular flexibility index (Phi) is 3.64. The van der Waals surface area contributed by atoms with Gasteiger partial charge in [-0.2, -0.15) is 0 Å². The molecule has 6 nitrogen and oxygen atoms in total. The SMILES string of the molecule is Cc1ccc2c(c1)[C@@]1([NH2+][C@@H](C(C)C)[C@H]3C(=O)N(C(C)(C)C)C(=O)[C@H]31)C(=O)N2. The number of hydrogen-bond donors (Lipinski definition) is 2. The molecule has 27 heavy (non-hydrogen) atoms. The third-order valence-corrected chi connectivity index (χ3v) is 6.40. The summed E-state index contributed by atoms with van der Waals surface area (Å²) in [6, 6.07) is 5.72. The fraction of sp³-hybridized carbons (Fsp3) is 0.571. The Morgan fingerprint density at radius 2 is 1.81 bits per heavy atom. The highest BCUT2D eigenvalue weighted by atomic mass is 16.2. The molecule has 0 aliphatic carbocycles. The number of aryl methyl sites for hydroxylation is 1. The molecule has 4 atom stereocenters. The summed E-state index contributed by atoms with van der Waals surface area (Å²) in [6.07, 6.45) is 0. The van der Waals surface area contributed by atoms with Crippen LogP contribution in [0.25, 0.3) is 0 Å². The number of imide groups is 1. The summed E-state index contributed by atoms with van der Waals surface area (Å²) in [5, 5.41) is 4.97. The van der Waals surface area contributed by atoms with Crippen LogP contribution >= 0.6 is 0 Å². The van der Waals surface area contributed by atoms with E-state index in [4.69, 9.17) is 0 Å². The van der Waals surface area contributed by atoms with Gasteiger partial charge in [0.2, 0.25) is 17.4 Å². The van der Waals surface area contributed by atoms with Gasteiger partial charge in [0.25, 0.3) is 5.91 Å². The summed E-state index contributed by atoms with van der Waals surface area (Å²) in [6.45, 7) is 11.7. The first-order valence-electron chi connectivity index (χ1n) is 9.66. The third-order valence-electron chi connectivity index (χ3n) is 6.40. The molecule has 3 aliphatic rings. The molecule has 3 amide bonds.